The number of anilines is 2. The number of alkyl halides is 2. The van der Waals surface area contributed by atoms with E-state index in [0.717, 1.165) is 0 Å². The molecule has 0 saturated heterocycles. The molecule has 0 aliphatic carbocycles. The molecule has 0 saturated carbocycles. The summed E-state index contributed by atoms with van der Waals surface area (Å²) in [6.07, 6.45) is -1.21. The predicted octanol–water partition coefficient (Wildman–Crippen LogP) is 4.09. The van der Waals surface area contributed by atoms with Gasteiger partial charge in [-0.15, -0.1) is 0 Å². The van der Waals surface area contributed by atoms with Crippen LogP contribution in [0, 0.1) is 5.41 Å². The van der Waals surface area contributed by atoms with E-state index in [9.17, 15) is 13.9 Å². The van der Waals surface area contributed by atoms with Crippen LogP contribution in [0.25, 0.3) is 0 Å². The molecule has 0 amide bonds. The molecule has 0 atom stereocenters. The van der Waals surface area contributed by atoms with Gasteiger partial charge in [0.1, 0.15) is 11.6 Å². The van der Waals surface area contributed by atoms with Gasteiger partial charge in [-0.05, 0) is 42.3 Å². The zero-order chi connectivity index (χ0) is 17.7. The van der Waals surface area contributed by atoms with Gasteiger partial charge < -0.3 is 20.6 Å². The summed E-state index contributed by atoms with van der Waals surface area (Å²) in [5.41, 5.74) is 2.10. The van der Waals surface area contributed by atoms with Crippen LogP contribution in [0.4, 0.5) is 20.3 Å². The number of nitrogens with one attached hydrogen (secondary N) is 2. The van der Waals surface area contributed by atoms with Crippen LogP contribution in [0.5, 0.6) is 5.75 Å². The van der Waals surface area contributed by atoms with Crippen molar-refractivity contribution in [3.05, 3.63) is 47.7 Å². The highest BCUT2D eigenvalue weighted by molar-refractivity contribution is 6.03. The second-order valence-electron chi connectivity index (χ2n) is 5.24. The summed E-state index contributed by atoms with van der Waals surface area (Å²) >= 11 is 0. The SMILES string of the molecule is CCC(=N)c1c(CO)ccnc1Nc1ccc(OC(C)(F)F)cc1. The fourth-order valence-corrected chi connectivity index (χ4v) is 2.19. The maximum absolute atomic E-state index is 12.8. The summed E-state index contributed by atoms with van der Waals surface area (Å²) in [4.78, 5) is 4.22. The van der Waals surface area contributed by atoms with Crippen LogP contribution in [-0.2, 0) is 6.61 Å². The first-order valence-corrected chi connectivity index (χ1v) is 7.44. The highest BCUT2D eigenvalue weighted by Gasteiger charge is 2.23. The number of nitrogens with zero attached hydrogens (tertiary/aromatic N) is 1. The minimum absolute atomic E-state index is 0.0478. The number of hydrogen-bond acceptors (Lipinski definition) is 5. The summed E-state index contributed by atoms with van der Waals surface area (Å²) in [5.74, 6) is 0.481. The fourth-order valence-electron chi connectivity index (χ4n) is 2.19. The third-order valence-electron chi connectivity index (χ3n) is 3.28. The van der Waals surface area contributed by atoms with Crippen LogP contribution < -0.4 is 10.1 Å². The number of benzene rings is 1. The molecule has 0 aliphatic rings. The average molecular weight is 335 g/mol. The molecular weight excluding hydrogens is 316 g/mol. The molecule has 1 aromatic carbocycles. The van der Waals surface area contributed by atoms with Gasteiger partial charge in [-0.3, -0.25) is 0 Å². The van der Waals surface area contributed by atoms with Gasteiger partial charge in [-0.25, -0.2) is 4.98 Å². The molecule has 0 radical (unpaired) electrons. The zero-order valence-corrected chi connectivity index (χ0v) is 13.4. The minimum atomic E-state index is -3.24. The van der Waals surface area contributed by atoms with Gasteiger partial charge in [0.25, 0.3) is 0 Å². The Balaban J connectivity index is 2.26. The zero-order valence-electron chi connectivity index (χ0n) is 13.4. The van der Waals surface area contributed by atoms with E-state index in [-0.39, 0.29) is 12.4 Å². The van der Waals surface area contributed by atoms with E-state index < -0.39 is 6.11 Å². The molecule has 1 heterocycles. The van der Waals surface area contributed by atoms with Crippen LogP contribution in [0.3, 0.4) is 0 Å². The van der Waals surface area contributed by atoms with E-state index in [4.69, 9.17) is 5.41 Å². The largest absolute Gasteiger partial charge is 0.433 e. The van der Waals surface area contributed by atoms with E-state index in [1.54, 1.807) is 18.2 Å². The number of aliphatic hydroxyl groups excluding tert-OH is 1. The third kappa shape index (κ3) is 4.48. The van der Waals surface area contributed by atoms with Crippen molar-refractivity contribution in [2.24, 2.45) is 0 Å². The lowest BCUT2D eigenvalue weighted by Gasteiger charge is -2.16. The van der Waals surface area contributed by atoms with E-state index in [2.05, 4.69) is 15.0 Å². The molecule has 0 bridgehead atoms. The highest BCUT2D eigenvalue weighted by Crippen LogP contribution is 2.26. The molecule has 0 fully saturated rings. The molecule has 5 nitrogen and oxygen atoms in total. The van der Waals surface area contributed by atoms with Crippen LogP contribution in [0.1, 0.15) is 31.4 Å². The first kappa shape index (κ1) is 17.8. The van der Waals surface area contributed by atoms with Crippen LogP contribution >= 0.6 is 0 Å². The third-order valence-corrected chi connectivity index (χ3v) is 3.28. The monoisotopic (exact) mass is 335 g/mol. The lowest BCUT2D eigenvalue weighted by atomic mass is 10.0. The van der Waals surface area contributed by atoms with Gasteiger partial charge in [-0.1, -0.05) is 6.92 Å². The lowest BCUT2D eigenvalue weighted by Crippen LogP contribution is -2.18. The smallest absolute Gasteiger partial charge is 0.394 e. The van der Waals surface area contributed by atoms with Crippen molar-refractivity contribution in [3.63, 3.8) is 0 Å². The predicted molar refractivity (Wildman–Crippen MR) is 88.3 cm³/mol. The molecule has 128 valence electrons. The standard InChI is InChI=1S/C17H19F2N3O2/c1-3-14(20)15-11(10-23)8-9-21-16(15)22-12-4-6-13(7-5-12)24-17(2,18)19/h4-9,20,23H,3,10H2,1-2H3,(H,21,22). The van der Waals surface area contributed by atoms with Crippen molar-refractivity contribution in [2.75, 3.05) is 5.32 Å². The molecular formula is C17H19F2N3O2. The normalized spacial score (nSPS) is 11.2. The molecule has 0 aliphatic heterocycles. The second-order valence-corrected chi connectivity index (χ2v) is 5.24. The topological polar surface area (TPSA) is 78.2 Å². The van der Waals surface area contributed by atoms with E-state index >= 15 is 0 Å². The maximum Gasteiger partial charge on any atom is 0.394 e. The molecule has 0 unspecified atom stereocenters. The Labute approximate surface area is 138 Å². The van der Waals surface area contributed by atoms with Crippen LogP contribution in [0.15, 0.2) is 36.5 Å². The van der Waals surface area contributed by atoms with E-state index in [0.29, 0.717) is 41.7 Å². The Morgan fingerprint density at radius 1 is 1.29 bits per heavy atom. The van der Waals surface area contributed by atoms with Crippen LogP contribution in [-0.4, -0.2) is 21.9 Å². The molecule has 7 heteroatoms. The lowest BCUT2D eigenvalue weighted by molar-refractivity contribution is -0.158. The second kappa shape index (κ2) is 7.35. The summed E-state index contributed by atoms with van der Waals surface area (Å²) < 4.78 is 30.1. The summed E-state index contributed by atoms with van der Waals surface area (Å²) in [7, 11) is 0. The van der Waals surface area contributed by atoms with Crippen molar-refractivity contribution in [1.29, 1.82) is 5.41 Å². The van der Waals surface area contributed by atoms with Crippen molar-refractivity contribution in [2.45, 2.75) is 33.0 Å². The average Bonchev–Trinajstić information content (AvgIpc) is 2.54. The number of ether oxygens (including phenoxy) is 1. The molecule has 24 heavy (non-hydrogen) atoms. The van der Waals surface area contributed by atoms with E-state index in [1.165, 1.54) is 18.3 Å². The van der Waals surface area contributed by atoms with Crippen LogP contribution in [0.2, 0.25) is 0 Å². The van der Waals surface area contributed by atoms with Gasteiger partial charge in [0, 0.05) is 30.1 Å². The number of halogens is 2. The van der Waals surface area contributed by atoms with Crippen molar-refractivity contribution in [3.8, 4) is 5.75 Å². The summed E-state index contributed by atoms with van der Waals surface area (Å²) in [6, 6.07) is 7.65. The number of pyridine rings is 1. The van der Waals surface area contributed by atoms with E-state index in [1.807, 2.05) is 6.92 Å². The minimum Gasteiger partial charge on any atom is -0.433 e. The fraction of sp³-hybridized carbons (Fsp3) is 0.294. The maximum atomic E-state index is 12.8. The van der Waals surface area contributed by atoms with Gasteiger partial charge in [-0.2, -0.15) is 8.78 Å². The Kier molecular flexibility index (Phi) is 5.46. The van der Waals surface area contributed by atoms with Crippen molar-refractivity contribution < 1.29 is 18.6 Å². The van der Waals surface area contributed by atoms with Gasteiger partial charge in [0.2, 0.25) is 0 Å². The van der Waals surface area contributed by atoms with Gasteiger partial charge >= 0.3 is 6.11 Å². The molecule has 2 rings (SSSR count). The highest BCUT2D eigenvalue weighted by atomic mass is 19.3. The summed E-state index contributed by atoms with van der Waals surface area (Å²) in [6.45, 7) is 2.32. The molecule has 1 aromatic heterocycles. The Bertz CT molecular complexity index is 713. The van der Waals surface area contributed by atoms with Crippen molar-refractivity contribution in [1.82, 2.24) is 4.98 Å². The number of rotatable bonds is 7. The Morgan fingerprint density at radius 2 is 1.96 bits per heavy atom. The van der Waals surface area contributed by atoms with Gasteiger partial charge in [0.15, 0.2) is 0 Å². The molecule has 3 N–H and O–H groups in total. The first-order valence-electron chi connectivity index (χ1n) is 7.44. The molecule has 2 aromatic rings. The summed E-state index contributed by atoms with van der Waals surface area (Å²) in [5, 5.41) is 20.6. The Morgan fingerprint density at radius 3 is 2.50 bits per heavy atom. The first-order chi connectivity index (χ1) is 11.3. The van der Waals surface area contributed by atoms with Crippen molar-refractivity contribution >= 4 is 17.2 Å². The molecule has 0 spiro atoms. The quantitative estimate of drug-likeness (QED) is 0.666. The Hall–Kier alpha value is -2.54. The number of aliphatic hydroxyl groups is 1. The van der Waals surface area contributed by atoms with Gasteiger partial charge in [0.05, 0.1) is 6.61 Å². The number of hydrogen-bond donors (Lipinski definition) is 3. The number of aromatic nitrogens is 1.